The van der Waals surface area contributed by atoms with Crippen LogP contribution < -0.4 is 10.1 Å². The molecule has 0 aliphatic rings. The van der Waals surface area contributed by atoms with E-state index in [-0.39, 0.29) is 12.1 Å². The van der Waals surface area contributed by atoms with Crippen molar-refractivity contribution < 1.29 is 9.47 Å². The van der Waals surface area contributed by atoms with E-state index in [1.165, 1.54) is 0 Å². The normalized spacial score (nSPS) is 13.6. The molecule has 0 spiro atoms. The first kappa shape index (κ1) is 17.2. The van der Waals surface area contributed by atoms with Crippen LogP contribution in [-0.2, 0) is 11.8 Å². The molecule has 1 N–H and O–H groups in total. The zero-order valence-electron chi connectivity index (χ0n) is 15.1. The maximum Gasteiger partial charge on any atom is 0.163 e. The lowest BCUT2D eigenvalue weighted by Crippen LogP contribution is -2.26. The van der Waals surface area contributed by atoms with Gasteiger partial charge in [0.05, 0.1) is 24.7 Å². The van der Waals surface area contributed by atoms with Crippen molar-refractivity contribution in [3.8, 4) is 5.75 Å². The summed E-state index contributed by atoms with van der Waals surface area (Å²) >= 11 is 0. The minimum absolute atomic E-state index is 0.00361. The zero-order chi connectivity index (χ0) is 18.0. The number of aryl methyl sites for hydroxylation is 2. The molecule has 0 saturated heterocycles. The maximum absolute atomic E-state index is 5.72. The van der Waals surface area contributed by atoms with Crippen molar-refractivity contribution in [2.24, 2.45) is 7.05 Å². The fourth-order valence-electron chi connectivity index (χ4n) is 2.95. The molecule has 132 valence electrons. The van der Waals surface area contributed by atoms with Gasteiger partial charge in [-0.25, -0.2) is 9.97 Å². The largest absolute Gasteiger partial charge is 0.497 e. The first-order valence-corrected chi connectivity index (χ1v) is 8.13. The van der Waals surface area contributed by atoms with E-state index in [1.54, 1.807) is 25.1 Å². The van der Waals surface area contributed by atoms with E-state index in [2.05, 4.69) is 27.3 Å². The van der Waals surface area contributed by atoms with Crippen molar-refractivity contribution in [1.29, 1.82) is 0 Å². The molecule has 7 nitrogen and oxygen atoms in total. The Morgan fingerprint density at radius 3 is 2.48 bits per heavy atom. The minimum atomic E-state index is -0.132. The number of hydrogen-bond acceptors (Lipinski definition) is 6. The lowest BCUT2D eigenvalue weighted by Gasteiger charge is -2.25. The van der Waals surface area contributed by atoms with Gasteiger partial charge in [0.2, 0.25) is 0 Å². The maximum atomic E-state index is 5.72. The number of nitrogens with one attached hydrogen (secondary N) is 1. The summed E-state index contributed by atoms with van der Waals surface area (Å²) in [5.41, 5.74) is 1.87. The third kappa shape index (κ3) is 3.41. The van der Waals surface area contributed by atoms with Crippen LogP contribution >= 0.6 is 0 Å². The third-order valence-electron chi connectivity index (χ3n) is 4.22. The van der Waals surface area contributed by atoms with Crippen LogP contribution in [0.25, 0.3) is 11.0 Å². The molecular formula is C18H23N5O2. The number of rotatable bonds is 6. The van der Waals surface area contributed by atoms with Crippen molar-refractivity contribution in [3.05, 3.63) is 41.9 Å². The Morgan fingerprint density at radius 1 is 1.12 bits per heavy atom. The second-order valence-electron chi connectivity index (χ2n) is 5.99. The standard InChI is InChI=1S/C18H23N5O2/c1-11(16(25-5)13-6-8-14(24-4)9-7-13)20-17-15-10-19-23(3)18(15)22-12(2)21-17/h6-11,16H,1-5H3,(H,20,21,22). The van der Waals surface area contributed by atoms with E-state index in [0.29, 0.717) is 5.82 Å². The summed E-state index contributed by atoms with van der Waals surface area (Å²) in [6.45, 7) is 3.94. The predicted molar refractivity (Wildman–Crippen MR) is 96.9 cm³/mol. The molecule has 0 saturated carbocycles. The van der Waals surface area contributed by atoms with Crippen LogP contribution in [0.15, 0.2) is 30.5 Å². The molecule has 3 aromatic rings. The summed E-state index contributed by atoms with van der Waals surface area (Å²) < 4.78 is 12.7. The molecule has 0 aliphatic carbocycles. The van der Waals surface area contributed by atoms with Gasteiger partial charge >= 0.3 is 0 Å². The molecule has 2 atom stereocenters. The van der Waals surface area contributed by atoms with E-state index in [4.69, 9.17) is 9.47 Å². The topological polar surface area (TPSA) is 74.1 Å². The molecule has 1 aromatic carbocycles. The second-order valence-corrected chi connectivity index (χ2v) is 5.99. The van der Waals surface area contributed by atoms with Crippen LogP contribution in [0.2, 0.25) is 0 Å². The zero-order valence-corrected chi connectivity index (χ0v) is 15.1. The average Bonchev–Trinajstić information content (AvgIpc) is 2.97. The Kier molecular flexibility index (Phi) is 4.85. The van der Waals surface area contributed by atoms with Crippen molar-refractivity contribution in [2.45, 2.75) is 26.0 Å². The van der Waals surface area contributed by atoms with Gasteiger partial charge in [0, 0.05) is 14.2 Å². The smallest absolute Gasteiger partial charge is 0.163 e. The van der Waals surface area contributed by atoms with Crippen molar-refractivity contribution in [1.82, 2.24) is 19.7 Å². The molecule has 0 bridgehead atoms. The summed E-state index contributed by atoms with van der Waals surface area (Å²) in [5.74, 6) is 2.28. The van der Waals surface area contributed by atoms with Gasteiger partial charge in [-0.15, -0.1) is 0 Å². The van der Waals surface area contributed by atoms with Crippen LogP contribution in [0.1, 0.15) is 24.4 Å². The predicted octanol–water partition coefficient (Wildman–Crippen LogP) is 2.87. The van der Waals surface area contributed by atoms with Gasteiger partial charge in [0.15, 0.2) is 5.65 Å². The monoisotopic (exact) mass is 341 g/mol. The molecule has 0 fully saturated rings. The highest BCUT2D eigenvalue weighted by atomic mass is 16.5. The number of fused-ring (bicyclic) bond motifs is 1. The Bertz CT molecular complexity index is 860. The Hall–Kier alpha value is -2.67. The number of anilines is 1. The minimum Gasteiger partial charge on any atom is -0.497 e. The lowest BCUT2D eigenvalue weighted by atomic mass is 10.0. The van der Waals surface area contributed by atoms with E-state index in [1.807, 2.05) is 38.2 Å². The Morgan fingerprint density at radius 2 is 1.84 bits per heavy atom. The molecule has 25 heavy (non-hydrogen) atoms. The number of nitrogens with zero attached hydrogens (tertiary/aromatic N) is 4. The summed E-state index contributed by atoms with van der Waals surface area (Å²) in [5, 5.41) is 8.63. The molecule has 0 amide bonds. The first-order valence-electron chi connectivity index (χ1n) is 8.13. The summed E-state index contributed by atoms with van der Waals surface area (Å²) in [6, 6.07) is 7.88. The van der Waals surface area contributed by atoms with E-state index < -0.39 is 0 Å². The second kappa shape index (κ2) is 7.06. The van der Waals surface area contributed by atoms with Crippen LogP contribution in [0.4, 0.5) is 5.82 Å². The number of methoxy groups -OCH3 is 2. The molecule has 7 heteroatoms. The molecule has 2 unspecified atom stereocenters. The summed E-state index contributed by atoms with van der Waals surface area (Å²) in [6.07, 6.45) is 1.65. The molecular weight excluding hydrogens is 318 g/mol. The number of hydrogen-bond donors (Lipinski definition) is 1. The van der Waals surface area contributed by atoms with Crippen LogP contribution in [-0.4, -0.2) is 40.0 Å². The van der Waals surface area contributed by atoms with Crippen molar-refractivity contribution in [2.75, 3.05) is 19.5 Å². The number of aromatic nitrogens is 4. The van der Waals surface area contributed by atoms with Gasteiger partial charge in [-0.1, -0.05) is 12.1 Å². The van der Waals surface area contributed by atoms with E-state index >= 15 is 0 Å². The Balaban J connectivity index is 1.88. The lowest BCUT2D eigenvalue weighted by molar-refractivity contribution is 0.0906. The van der Waals surface area contributed by atoms with Gasteiger partial charge < -0.3 is 14.8 Å². The molecule has 0 radical (unpaired) electrons. The molecule has 3 rings (SSSR count). The highest BCUT2D eigenvalue weighted by Gasteiger charge is 2.21. The fourth-order valence-corrected chi connectivity index (χ4v) is 2.95. The van der Waals surface area contributed by atoms with Crippen molar-refractivity contribution >= 4 is 16.9 Å². The van der Waals surface area contributed by atoms with Crippen LogP contribution in [0, 0.1) is 6.92 Å². The van der Waals surface area contributed by atoms with Crippen LogP contribution in [0.3, 0.4) is 0 Å². The van der Waals surface area contributed by atoms with Gasteiger partial charge in [-0.3, -0.25) is 4.68 Å². The SMILES string of the molecule is COc1ccc(C(OC)C(C)Nc2nc(C)nc3c2cnn3C)cc1. The quantitative estimate of drug-likeness (QED) is 0.743. The summed E-state index contributed by atoms with van der Waals surface area (Å²) in [4.78, 5) is 8.99. The van der Waals surface area contributed by atoms with E-state index in [0.717, 1.165) is 28.2 Å². The average molecular weight is 341 g/mol. The number of benzene rings is 1. The first-order chi connectivity index (χ1) is 12.0. The van der Waals surface area contributed by atoms with E-state index in [9.17, 15) is 0 Å². The van der Waals surface area contributed by atoms with Gasteiger partial charge in [0.1, 0.15) is 23.5 Å². The highest BCUT2D eigenvalue weighted by molar-refractivity contribution is 5.86. The highest BCUT2D eigenvalue weighted by Crippen LogP contribution is 2.27. The number of ether oxygens (including phenoxy) is 2. The fraction of sp³-hybridized carbons (Fsp3) is 0.389. The molecule has 2 heterocycles. The Labute approximate surface area is 147 Å². The molecule has 0 aliphatic heterocycles. The van der Waals surface area contributed by atoms with Crippen LogP contribution in [0.5, 0.6) is 5.75 Å². The summed E-state index contributed by atoms with van der Waals surface area (Å²) in [7, 11) is 5.23. The van der Waals surface area contributed by atoms with Gasteiger partial charge in [-0.2, -0.15) is 5.10 Å². The van der Waals surface area contributed by atoms with Crippen molar-refractivity contribution in [3.63, 3.8) is 0 Å². The molecule has 2 aromatic heterocycles. The third-order valence-corrected chi connectivity index (χ3v) is 4.22. The van der Waals surface area contributed by atoms with Gasteiger partial charge in [0.25, 0.3) is 0 Å². The van der Waals surface area contributed by atoms with Gasteiger partial charge in [-0.05, 0) is 31.5 Å².